The van der Waals surface area contributed by atoms with Crippen LogP contribution in [0, 0.1) is 0 Å². The second-order valence-electron chi connectivity index (χ2n) is 7.40. The summed E-state index contributed by atoms with van der Waals surface area (Å²) in [6.45, 7) is 0.123. The number of halogens is 1. The molecule has 0 radical (unpaired) electrons. The molecule has 0 saturated carbocycles. The van der Waals surface area contributed by atoms with Gasteiger partial charge >= 0.3 is 12.1 Å². The number of carboxylic acid groups (broad SMARTS) is 1. The van der Waals surface area contributed by atoms with Crippen molar-refractivity contribution in [1.29, 1.82) is 0 Å². The number of thiazole rings is 1. The Hall–Kier alpha value is -3.43. The van der Waals surface area contributed by atoms with Gasteiger partial charge in [-0.1, -0.05) is 60.1 Å². The highest BCUT2D eigenvalue weighted by Gasteiger charge is 2.30. The number of rotatable bonds is 8. The van der Waals surface area contributed by atoms with Crippen LogP contribution in [0.1, 0.15) is 28.5 Å². The van der Waals surface area contributed by atoms with Crippen LogP contribution < -0.4 is 10.6 Å². The van der Waals surface area contributed by atoms with Gasteiger partial charge in [0.25, 0.3) is 0 Å². The topological polar surface area (TPSA) is 118 Å². The van der Waals surface area contributed by atoms with E-state index >= 15 is 0 Å². The van der Waals surface area contributed by atoms with Crippen LogP contribution in [0.5, 0.6) is 0 Å². The van der Waals surface area contributed by atoms with Crippen molar-refractivity contribution >= 4 is 40.9 Å². The number of carbonyl (C=O) groups is 3. The molecule has 8 nitrogen and oxygen atoms in total. The molecule has 1 aliphatic rings. The molecule has 0 aliphatic heterocycles. The number of hydrogen-bond donors (Lipinski definition) is 3. The molecule has 3 N–H and O–H groups in total. The smallest absolute Gasteiger partial charge is 0.407 e. The van der Waals surface area contributed by atoms with Crippen molar-refractivity contribution in [2.75, 3.05) is 6.61 Å². The number of benzene rings is 2. The van der Waals surface area contributed by atoms with E-state index in [-0.39, 0.29) is 19.1 Å². The van der Waals surface area contributed by atoms with Gasteiger partial charge in [-0.15, -0.1) is 11.3 Å². The van der Waals surface area contributed by atoms with E-state index < -0.39 is 30.4 Å². The molecule has 4 rings (SSSR count). The maximum absolute atomic E-state index is 12.5. The van der Waals surface area contributed by atoms with Gasteiger partial charge in [0.2, 0.25) is 5.91 Å². The first-order valence-electron chi connectivity index (χ1n) is 10.1. The summed E-state index contributed by atoms with van der Waals surface area (Å²) in [6.07, 6.45) is 0.00187. The third-order valence-corrected chi connectivity index (χ3v) is 6.39. The maximum atomic E-state index is 12.5. The second-order valence-corrected chi connectivity index (χ2v) is 9.14. The molecule has 170 valence electrons. The largest absolute Gasteiger partial charge is 0.481 e. The summed E-state index contributed by atoms with van der Waals surface area (Å²) < 4.78 is 5.89. The number of nitrogens with one attached hydrogen (secondary N) is 2. The van der Waals surface area contributed by atoms with Gasteiger partial charge in [-0.2, -0.15) is 0 Å². The minimum Gasteiger partial charge on any atom is -0.481 e. The van der Waals surface area contributed by atoms with Crippen molar-refractivity contribution in [2.24, 2.45) is 0 Å². The van der Waals surface area contributed by atoms with Crippen LogP contribution >= 0.6 is 22.9 Å². The molecule has 1 aromatic heterocycles. The highest BCUT2D eigenvalue weighted by molar-refractivity contribution is 7.15. The molecule has 10 heteroatoms. The van der Waals surface area contributed by atoms with Crippen LogP contribution in [0.3, 0.4) is 0 Å². The Bertz CT molecular complexity index is 1150. The van der Waals surface area contributed by atoms with Crippen LogP contribution in [0.25, 0.3) is 11.1 Å². The van der Waals surface area contributed by atoms with E-state index in [1.807, 2.05) is 48.5 Å². The number of carboxylic acids is 1. The summed E-state index contributed by atoms with van der Waals surface area (Å²) in [5, 5.41) is 14.6. The number of fused-ring (bicyclic) bond motifs is 3. The fraction of sp³-hybridized carbons (Fsp3) is 0.217. The Kier molecular flexibility index (Phi) is 6.90. The number of amides is 2. The minimum atomic E-state index is -1.30. The lowest BCUT2D eigenvalue weighted by molar-refractivity contribution is -0.139. The van der Waals surface area contributed by atoms with Crippen molar-refractivity contribution < 1.29 is 24.2 Å². The average molecular weight is 486 g/mol. The Labute approximate surface area is 198 Å². The summed E-state index contributed by atoms with van der Waals surface area (Å²) in [5.74, 6) is -2.03. The monoisotopic (exact) mass is 485 g/mol. The summed E-state index contributed by atoms with van der Waals surface area (Å²) in [7, 11) is 0. The fourth-order valence-corrected chi connectivity index (χ4v) is 4.72. The summed E-state index contributed by atoms with van der Waals surface area (Å²) >= 11 is 7.01. The zero-order chi connectivity index (χ0) is 23.4. The average Bonchev–Trinajstić information content (AvgIpc) is 3.36. The minimum absolute atomic E-state index is 0.0544. The lowest BCUT2D eigenvalue weighted by atomic mass is 9.98. The highest BCUT2D eigenvalue weighted by Crippen LogP contribution is 2.44. The molecule has 2 amide bonds. The predicted molar refractivity (Wildman–Crippen MR) is 123 cm³/mol. The molecule has 1 aliphatic carbocycles. The number of hydrogen-bond acceptors (Lipinski definition) is 6. The normalized spacial score (nSPS) is 13.0. The van der Waals surface area contributed by atoms with Crippen molar-refractivity contribution in [3.05, 3.63) is 75.2 Å². The molecular weight excluding hydrogens is 466 g/mol. The third-order valence-electron chi connectivity index (χ3n) is 5.27. The van der Waals surface area contributed by atoms with Gasteiger partial charge in [-0.25, -0.2) is 9.78 Å². The molecule has 33 heavy (non-hydrogen) atoms. The van der Waals surface area contributed by atoms with Gasteiger partial charge in [-0.3, -0.25) is 9.59 Å². The first-order chi connectivity index (χ1) is 15.9. The van der Waals surface area contributed by atoms with E-state index in [4.69, 9.17) is 21.4 Å². The van der Waals surface area contributed by atoms with E-state index in [1.165, 1.54) is 17.5 Å². The number of ether oxygens (including phenoxy) is 1. The van der Waals surface area contributed by atoms with Crippen molar-refractivity contribution in [3.8, 4) is 11.1 Å². The first kappa shape index (κ1) is 22.8. The quantitative estimate of drug-likeness (QED) is 0.446. The van der Waals surface area contributed by atoms with Crippen LogP contribution in [0.2, 0.25) is 4.34 Å². The van der Waals surface area contributed by atoms with Crippen molar-refractivity contribution in [2.45, 2.75) is 24.9 Å². The Morgan fingerprint density at radius 2 is 1.73 bits per heavy atom. The zero-order valence-electron chi connectivity index (χ0n) is 17.3. The molecule has 0 spiro atoms. The predicted octanol–water partition coefficient (Wildman–Crippen LogP) is 3.79. The van der Waals surface area contributed by atoms with Gasteiger partial charge in [0.05, 0.1) is 19.2 Å². The molecular formula is C23H20ClN3O5S. The van der Waals surface area contributed by atoms with Gasteiger partial charge in [0.15, 0.2) is 0 Å². The molecule has 0 fully saturated rings. The van der Waals surface area contributed by atoms with Crippen LogP contribution in [-0.4, -0.2) is 40.7 Å². The molecule has 2 aromatic carbocycles. The Morgan fingerprint density at radius 1 is 1.09 bits per heavy atom. The van der Waals surface area contributed by atoms with Gasteiger partial charge in [0, 0.05) is 5.92 Å². The van der Waals surface area contributed by atoms with Crippen molar-refractivity contribution in [3.63, 3.8) is 0 Å². The number of aromatic nitrogens is 1. The molecule has 1 atom stereocenters. The van der Waals surface area contributed by atoms with E-state index in [0.29, 0.717) is 9.34 Å². The van der Waals surface area contributed by atoms with E-state index in [1.54, 1.807) is 0 Å². The SMILES string of the molecule is O=C(O)CC(NC(=O)OCC1c2ccccc2-c2ccccc21)C(=O)NCc1ncc(Cl)s1. The Balaban J connectivity index is 1.38. The molecule has 0 saturated heterocycles. The molecule has 0 bridgehead atoms. The van der Waals surface area contributed by atoms with E-state index in [9.17, 15) is 14.4 Å². The molecule has 1 unspecified atom stereocenters. The molecule has 3 aromatic rings. The van der Waals surface area contributed by atoms with Crippen LogP contribution in [0.15, 0.2) is 54.7 Å². The summed E-state index contributed by atoms with van der Waals surface area (Å²) in [5.41, 5.74) is 4.28. The van der Waals surface area contributed by atoms with Crippen LogP contribution in [0.4, 0.5) is 4.79 Å². The lowest BCUT2D eigenvalue weighted by Crippen LogP contribution is -2.48. The summed E-state index contributed by atoms with van der Waals surface area (Å²) in [6, 6.07) is 14.5. The lowest BCUT2D eigenvalue weighted by Gasteiger charge is -2.18. The third kappa shape index (κ3) is 5.32. The summed E-state index contributed by atoms with van der Waals surface area (Å²) in [4.78, 5) is 40.2. The van der Waals surface area contributed by atoms with Gasteiger partial charge < -0.3 is 20.5 Å². The fourth-order valence-electron chi connectivity index (χ4n) is 3.82. The van der Waals surface area contributed by atoms with E-state index in [0.717, 1.165) is 22.3 Å². The zero-order valence-corrected chi connectivity index (χ0v) is 18.9. The van der Waals surface area contributed by atoms with E-state index in [2.05, 4.69) is 15.6 Å². The number of alkyl carbamates (subject to hydrolysis) is 1. The molecule has 1 heterocycles. The highest BCUT2D eigenvalue weighted by atomic mass is 35.5. The number of nitrogens with zero attached hydrogens (tertiary/aromatic N) is 1. The second kappa shape index (κ2) is 10.0. The standard InChI is InChI=1S/C23H20ClN3O5S/c24-19-10-25-20(33-19)11-26-22(30)18(9-21(28)29)27-23(31)32-12-17-15-7-3-1-5-13(15)14-6-2-4-8-16(14)17/h1-8,10,17-18H,9,11-12H2,(H,26,30)(H,27,31)(H,28,29). The Morgan fingerprint density at radius 3 is 2.30 bits per heavy atom. The van der Waals surface area contributed by atoms with Crippen molar-refractivity contribution in [1.82, 2.24) is 15.6 Å². The van der Waals surface area contributed by atoms with Gasteiger partial charge in [0.1, 0.15) is 22.0 Å². The number of carbonyl (C=O) groups excluding carboxylic acids is 2. The van der Waals surface area contributed by atoms with Gasteiger partial charge in [-0.05, 0) is 22.3 Å². The maximum Gasteiger partial charge on any atom is 0.407 e. The first-order valence-corrected chi connectivity index (χ1v) is 11.3. The van der Waals surface area contributed by atoms with Crippen LogP contribution in [-0.2, 0) is 20.9 Å². The number of aliphatic carboxylic acids is 1.